The van der Waals surface area contributed by atoms with Crippen molar-refractivity contribution in [2.45, 2.75) is 40.2 Å². The Morgan fingerprint density at radius 1 is 1.12 bits per heavy atom. The molecule has 126 valence electrons. The first-order valence-electron chi connectivity index (χ1n) is 7.96. The lowest BCUT2D eigenvalue weighted by Gasteiger charge is -2.20. The van der Waals surface area contributed by atoms with Gasteiger partial charge in [-0.15, -0.1) is 0 Å². The molecule has 24 heavy (non-hydrogen) atoms. The van der Waals surface area contributed by atoms with Crippen LogP contribution in [-0.2, 0) is 0 Å². The van der Waals surface area contributed by atoms with Gasteiger partial charge in [0.2, 0.25) is 0 Å². The van der Waals surface area contributed by atoms with Crippen molar-refractivity contribution in [3.8, 4) is 0 Å². The first-order chi connectivity index (χ1) is 11.3. The summed E-state index contributed by atoms with van der Waals surface area (Å²) in [5.74, 6) is -0.222. The number of nitro groups is 1. The number of hydrogen-bond donors (Lipinski definition) is 1. The Hall–Kier alpha value is -2.69. The molecule has 1 atom stereocenters. The summed E-state index contributed by atoms with van der Waals surface area (Å²) < 4.78 is 0. The van der Waals surface area contributed by atoms with E-state index in [1.165, 1.54) is 17.7 Å². The van der Waals surface area contributed by atoms with Crippen LogP contribution in [0.5, 0.6) is 0 Å². The van der Waals surface area contributed by atoms with Crippen LogP contribution in [-0.4, -0.2) is 10.8 Å². The molecule has 0 fully saturated rings. The number of hydrogen-bond acceptors (Lipinski definition) is 3. The SMILES string of the molecule is CC[C@H](NC(=O)c1ccc([N+](=O)[O-])c(C)c1)c1ccc(C)cc1C. The van der Waals surface area contributed by atoms with Gasteiger partial charge in [-0.1, -0.05) is 30.7 Å². The summed E-state index contributed by atoms with van der Waals surface area (Å²) in [4.78, 5) is 23.0. The zero-order chi connectivity index (χ0) is 17.9. The Morgan fingerprint density at radius 3 is 2.38 bits per heavy atom. The van der Waals surface area contributed by atoms with E-state index in [1.54, 1.807) is 13.0 Å². The lowest BCUT2D eigenvalue weighted by Crippen LogP contribution is -2.28. The first kappa shape index (κ1) is 17.7. The van der Waals surface area contributed by atoms with Crippen LogP contribution in [0.25, 0.3) is 0 Å². The molecule has 5 nitrogen and oxygen atoms in total. The maximum absolute atomic E-state index is 12.5. The number of aryl methyl sites for hydroxylation is 3. The van der Waals surface area contributed by atoms with Crippen LogP contribution in [0.1, 0.15) is 52.0 Å². The van der Waals surface area contributed by atoms with Gasteiger partial charge in [0.1, 0.15) is 0 Å². The average Bonchev–Trinajstić information content (AvgIpc) is 2.52. The highest BCUT2D eigenvalue weighted by atomic mass is 16.6. The number of benzene rings is 2. The Bertz CT molecular complexity index is 784. The van der Waals surface area contributed by atoms with Gasteiger partial charge in [-0.05, 0) is 50.5 Å². The molecule has 0 aliphatic rings. The number of rotatable bonds is 5. The van der Waals surface area contributed by atoms with E-state index < -0.39 is 4.92 Å². The van der Waals surface area contributed by atoms with Crippen molar-refractivity contribution in [2.75, 3.05) is 0 Å². The van der Waals surface area contributed by atoms with Crippen molar-refractivity contribution in [3.05, 3.63) is 74.3 Å². The predicted octanol–water partition coefficient (Wildman–Crippen LogP) is 4.40. The molecule has 2 aromatic carbocycles. The van der Waals surface area contributed by atoms with E-state index in [9.17, 15) is 14.9 Å². The molecule has 0 aromatic heterocycles. The molecule has 0 spiro atoms. The summed E-state index contributed by atoms with van der Waals surface area (Å²) in [6, 6.07) is 10.5. The second kappa shape index (κ2) is 7.25. The van der Waals surface area contributed by atoms with Crippen molar-refractivity contribution in [2.24, 2.45) is 0 Å². The third-order valence-electron chi connectivity index (χ3n) is 4.17. The fourth-order valence-corrected chi connectivity index (χ4v) is 2.86. The fourth-order valence-electron chi connectivity index (χ4n) is 2.86. The molecule has 0 saturated carbocycles. The lowest BCUT2D eigenvalue weighted by atomic mass is 9.97. The van der Waals surface area contributed by atoms with Crippen LogP contribution in [0.3, 0.4) is 0 Å². The lowest BCUT2D eigenvalue weighted by molar-refractivity contribution is -0.385. The minimum Gasteiger partial charge on any atom is -0.345 e. The van der Waals surface area contributed by atoms with Gasteiger partial charge in [0, 0.05) is 17.2 Å². The molecular weight excluding hydrogens is 304 g/mol. The molecule has 0 unspecified atom stereocenters. The van der Waals surface area contributed by atoms with Gasteiger partial charge in [0.05, 0.1) is 11.0 Å². The van der Waals surface area contributed by atoms with Crippen LogP contribution >= 0.6 is 0 Å². The summed E-state index contributed by atoms with van der Waals surface area (Å²) in [5, 5.41) is 13.9. The van der Waals surface area contributed by atoms with Crippen molar-refractivity contribution >= 4 is 11.6 Å². The number of nitrogens with zero attached hydrogens (tertiary/aromatic N) is 1. The molecule has 5 heteroatoms. The maximum Gasteiger partial charge on any atom is 0.272 e. The summed E-state index contributed by atoms with van der Waals surface area (Å²) in [6.07, 6.45) is 0.765. The molecule has 0 aliphatic carbocycles. The number of carbonyl (C=O) groups is 1. The summed E-state index contributed by atoms with van der Waals surface area (Å²) in [7, 11) is 0. The summed E-state index contributed by atoms with van der Waals surface area (Å²) in [5.41, 5.74) is 4.35. The van der Waals surface area contributed by atoms with Crippen molar-refractivity contribution in [3.63, 3.8) is 0 Å². The predicted molar refractivity (Wildman–Crippen MR) is 94.2 cm³/mol. The molecule has 1 N–H and O–H groups in total. The minimum absolute atomic E-state index is 0.0213. The molecule has 0 aliphatic heterocycles. The van der Waals surface area contributed by atoms with Crippen LogP contribution in [0.15, 0.2) is 36.4 Å². The quantitative estimate of drug-likeness (QED) is 0.654. The third kappa shape index (κ3) is 3.79. The highest BCUT2D eigenvalue weighted by Gasteiger charge is 2.18. The molecule has 0 bridgehead atoms. The molecule has 2 aromatic rings. The molecule has 0 heterocycles. The monoisotopic (exact) mass is 326 g/mol. The van der Waals surface area contributed by atoms with E-state index in [0.717, 1.165) is 17.5 Å². The largest absolute Gasteiger partial charge is 0.345 e. The topological polar surface area (TPSA) is 72.2 Å². The fraction of sp³-hybridized carbons (Fsp3) is 0.316. The van der Waals surface area contributed by atoms with E-state index in [4.69, 9.17) is 0 Å². The molecular formula is C19H22N2O3. The minimum atomic E-state index is -0.443. The van der Waals surface area contributed by atoms with Gasteiger partial charge < -0.3 is 5.32 Å². The smallest absolute Gasteiger partial charge is 0.272 e. The van der Waals surface area contributed by atoms with E-state index in [2.05, 4.69) is 11.4 Å². The Balaban J connectivity index is 2.23. The highest BCUT2D eigenvalue weighted by molar-refractivity contribution is 5.95. The summed E-state index contributed by atoms with van der Waals surface area (Å²) >= 11 is 0. The zero-order valence-corrected chi connectivity index (χ0v) is 14.4. The van der Waals surface area contributed by atoms with Gasteiger partial charge in [-0.25, -0.2) is 0 Å². The van der Waals surface area contributed by atoms with Gasteiger partial charge in [-0.2, -0.15) is 0 Å². The standard InChI is InChI=1S/C19H22N2O3/c1-5-17(16-8-6-12(2)10-13(16)3)20-19(22)15-7-9-18(21(23)24)14(4)11-15/h6-11,17H,5H2,1-4H3,(H,20,22)/t17-/m0/s1. The number of nitro benzene ring substituents is 1. The zero-order valence-electron chi connectivity index (χ0n) is 14.4. The van der Waals surface area contributed by atoms with Crippen LogP contribution in [0, 0.1) is 30.9 Å². The molecule has 0 saturated heterocycles. The van der Waals surface area contributed by atoms with Crippen molar-refractivity contribution in [1.82, 2.24) is 5.32 Å². The highest BCUT2D eigenvalue weighted by Crippen LogP contribution is 2.23. The molecule has 2 rings (SSSR count). The van der Waals surface area contributed by atoms with E-state index >= 15 is 0 Å². The van der Waals surface area contributed by atoms with Gasteiger partial charge >= 0.3 is 0 Å². The Labute approximate surface area is 141 Å². The van der Waals surface area contributed by atoms with Gasteiger partial charge in [-0.3, -0.25) is 14.9 Å². The number of amides is 1. The third-order valence-corrected chi connectivity index (χ3v) is 4.17. The van der Waals surface area contributed by atoms with Crippen LogP contribution < -0.4 is 5.32 Å². The van der Waals surface area contributed by atoms with Gasteiger partial charge in [0.25, 0.3) is 11.6 Å². The normalized spacial score (nSPS) is 11.8. The second-order valence-electron chi connectivity index (χ2n) is 6.05. The van der Waals surface area contributed by atoms with Crippen LogP contribution in [0.2, 0.25) is 0 Å². The maximum atomic E-state index is 12.5. The molecule has 0 radical (unpaired) electrons. The van der Waals surface area contributed by atoms with E-state index in [0.29, 0.717) is 11.1 Å². The number of nitrogens with one attached hydrogen (secondary N) is 1. The Morgan fingerprint density at radius 2 is 1.83 bits per heavy atom. The number of carbonyl (C=O) groups excluding carboxylic acids is 1. The van der Waals surface area contributed by atoms with Crippen LogP contribution in [0.4, 0.5) is 5.69 Å². The van der Waals surface area contributed by atoms with Crippen molar-refractivity contribution < 1.29 is 9.72 Å². The average molecular weight is 326 g/mol. The van der Waals surface area contributed by atoms with Crippen molar-refractivity contribution in [1.29, 1.82) is 0 Å². The van der Waals surface area contributed by atoms with E-state index in [-0.39, 0.29) is 17.6 Å². The van der Waals surface area contributed by atoms with Gasteiger partial charge in [0.15, 0.2) is 0 Å². The molecule has 1 amide bonds. The van der Waals surface area contributed by atoms with E-state index in [1.807, 2.05) is 32.9 Å². The first-order valence-corrected chi connectivity index (χ1v) is 7.96. The Kier molecular flexibility index (Phi) is 5.34. The summed E-state index contributed by atoms with van der Waals surface area (Å²) in [6.45, 7) is 7.73. The second-order valence-corrected chi connectivity index (χ2v) is 6.05.